The van der Waals surface area contributed by atoms with Crippen molar-refractivity contribution in [1.82, 2.24) is 0 Å². The topological polar surface area (TPSA) is 53.6 Å². The summed E-state index contributed by atoms with van der Waals surface area (Å²) in [4.78, 5) is 14.2. The SMILES string of the molecule is COC1CN(c2ccc(NC(=O)Nc3ccccc3Cl)cc2)C1. The molecule has 0 unspecified atom stereocenters. The number of methoxy groups -OCH3 is 1. The Balaban J connectivity index is 1.56. The van der Waals surface area contributed by atoms with Crippen molar-refractivity contribution in [2.45, 2.75) is 6.10 Å². The van der Waals surface area contributed by atoms with E-state index in [-0.39, 0.29) is 6.03 Å². The second-order valence-corrected chi connectivity index (χ2v) is 5.78. The number of para-hydroxylation sites is 1. The van der Waals surface area contributed by atoms with Gasteiger partial charge in [-0.25, -0.2) is 4.79 Å². The Labute approximate surface area is 140 Å². The number of ether oxygens (including phenoxy) is 1. The maximum Gasteiger partial charge on any atom is 0.323 e. The molecular weight excluding hydrogens is 314 g/mol. The fourth-order valence-corrected chi connectivity index (χ4v) is 2.58. The number of nitrogens with one attached hydrogen (secondary N) is 2. The lowest BCUT2D eigenvalue weighted by atomic mass is 10.1. The highest BCUT2D eigenvalue weighted by molar-refractivity contribution is 6.33. The van der Waals surface area contributed by atoms with Gasteiger partial charge >= 0.3 is 6.03 Å². The van der Waals surface area contributed by atoms with Crippen molar-refractivity contribution in [3.8, 4) is 0 Å². The van der Waals surface area contributed by atoms with Gasteiger partial charge in [0.25, 0.3) is 0 Å². The fourth-order valence-electron chi connectivity index (χ4n) is 2.40. The van der Waals surface area contributed by atoms with Crippen LogP contribution in [-0.2, 0) is 4.74 Å². The number of benzene rings is 2. The standard InChI is InChI=1S/C17H18ClN3O2/c1-23-14-10-21(11-14)13-8-6-12(7-9-13)19-17(22)20-16-5-3-2-4-15(16)18/h2-9,14H,10-11H2,1H3,(H2,19,20,22). The number of halogens is 1. The molecule has 2 aromatic carbocycles. The van der Waals surface area contributed by atoms with Gasteiger partial charge in [-0.2, -0.15) is 0 Å². The minimum atomic E-state index is -0.325. The molecule has 120 valence electrons. The van der Waals surface area contributed by atoms with Crippen LogP contribution in [0.25, 0.3) is 0 Å². The van der Waals surface area contributed by atoms with E-state index in [4.69, 9.17) is 16.3 Å². The van der Waals surface area contributed by atoms with Gasteiger partial charge in [0.1, 0.15) is 0 Å². The first-order valence-corrected chi connectivity index (χ1v) is 7.74. The normalized spacial score (nSPS) is 14.3. The van der Waals surface area contributed by atoms with Gasteiger partial charge in [-0.05, 0) is 36.4 Å². The highest BCUT2D eigenvalue weighted by Crippen LogP contribution is 2.24. The van der Waals surface area contributed by atoms with E-state index in [2.05, 4.69) is 15.5 Å². The summed E-state index contributed by atoms with van der Waals surface area (Å²) in [6.07, 6.45) is 0.314. The summed E-state index contributed by atoms with van der Waals surface area (Å²) in [5.74, 6) is 0. The van der Waals surface area contributed by atoms with Crippen molar-refractivity contribution in [2.24, 2.45) is 0 Å². The summed E-state index contributed by atoms with van der Waals surface area (Å²) in [5, 5.41) is 6.01. The number of hydrogen-bond acceptors (Lipinski definition) is 3. The third-order valence-electron chi connectivity index (χ3n) is 3.79. The lowest BCUT2D eigenvalue weighted by Gasteiger charge is -2.40. The van der Waals surface area contributed by atoms with Crippen LogP contribution in [0.5, 0.6) is 0 Å². The molecule has 1 aliphatic rings. The fraction of sp³-hybridized carbons (Fsp3) is 0.235. The van der Waals surface area contributed by atoms with E-state index >= 15 is 0 Å². The van der Waals surface area contributed by atoms with Gasteiger partial charge in [-0.1, -0.05) is 23.7 Å². The van der Waals surface area contributed by atoms with Gasteiger partial charge < -0.3 is 20.3 Å². The Kier molecular flexibility index (Phi) is 4.69. The van der Waals surface area contributed by atoms with Gasteiger partial charge in [0, 0.05) is 31.6 Å². The molecule has 6 heteroatoms. The number of carbonyl (C=O) groups is 1. The highest BCUT2D eigenvalue weighted by atomic mass is 35.5. The molecule has 2 amide bonds. The Morgan fingerprint density at radius 1 is 1.13 bits per heavy atom. The maximum atomic E-state index is 12.0. The van der Waals surface area contributed by atoms with Crippen molar-refractivity contribution in [2.75, 3.05) is 35.7 Å². The third kappa shape index (κ3) is 3.75. The number of amides is 2. The van der Waals surface area contributed by atoms with Crippen molar-refractivity contribution >= 4 is 34.7 Å². The molecule has 1 saturated heterocycles. The Hall–Kier alpha value is -2.24. The van der Waals surface area contributed by atoms with E-state index in [1.54, 1.807) is 19.2 Å². The van der Waals surface area contributed by atoms with Gasteiger partial charge in [0.15, 0.2) is 0 Å². The van der Waals surface area contributed by atoms with Crippen molar-refractivity contribution < 1.29 is 9.53 Å². The molecule has 0 saturated carbocycles. The van der Waals surface area contributed by atoms with Crippen LogP contribution in [0.15, 0.2) is 48.5 Å². The van der Waals surface area contributed by atoms with Crippen molar-refractivity contribution in [3.05, 3.63) is 53.6 Å². The molecule has 3 rings (SSSR count). The number of rotatable bonds is 4. The molecule has 0 radical (unpaired) electrons. The summed E-state index contributed by atoms with van der Waals surface area (Å²) >= 11 is 6.01. The van der Waals surface area contributed by atoms with E-state index in [1.165, 1.54) is 0 Å². The largest absolute Gasteiger partial charge is 0.378 e. The highest BCUT2D eigenvalue weighted by Gasteiger charge is 2.26. The molecule has 2 N–H and O–H groups in total. The van der Waals surface area contributed by atoms with Crippen LogP contribution in [0.4, 0.5) is 21.9 Å². The van der Waals surface area contributed by atoms with Crippen LogP contribution in [0, 0.1) is 0 Å². The van der Waals surface area contributed by atoms with Crippen molar-refractivity contribution in [3.63, 3.8) is 0 Å². The molecule has 1 aliphatic heterocycles. The quantitative estimate of drug-likeness (QED) is 0.895. The molecular formula is C17H18ClN3O2. The van der Waals surface area contributed by atoms with Gasteiger partial charge in [-0.15, -0.1) is 0 Å². The molecule has 0 aliphatic carbocycles. The van der Waals surface area contributed by atoms with Crippen LogP contribution in [0.3, 0.4) is 0 Å². The molecule has 23 heavy (non-hydrogen) atoms. The molecule has 0 aromatic heterocycles. The summed E-state index contributed by atoms with van der Waals surface area (Å²) in [6, 6.07) is 14.5. The second kappa shape index (κ2) is 6.89. The lowest BCUT2D eigenvalue weighted by molar-refractivity contribution is 0.0788. The van der Waals surface area contributed by atoms with Crippen molar-refractivity contribution in [1.29, 1.82) is 0 Å². The molecule has 5 nitrogen and oxygen atoms in total. The zero-order chi connectivity index (χ0) is 16.2. The zero-order valence-electron chi connectivity index (χ0n) is 12.8. The van der Waals surface area contributed by atoms with E-state index in [0.29, 0.717) is 16.8 Å². The van der Waals surface area contributed by atoms with E-state index < -0.39 is 0 Å². The number of carbonyl (C=O) groups excluding carboxylic acids is 1. The van der Waals surface area contributed by atoms with Gasteiger partial charge in [0.2, 0.25) is 0 Å². The Bertz CT molecular complexity index is 684. The average molecular weight is 332 g/mol. The predicted octanol–water partition coefficient (Wildman–Crippen LogP) is 3.82. The van der Waals surface area contributed by atoms with Crippen LogP contribution in [0.1, 0.15) is 0 Å². The molecule has 1 fully saturated rings. The van der Waals surface area contributed by atoms with E-state index in [0.717, 1.165) is 24.5 Å². The van der Waals surface area contributed by atoms with Crippen LogP contribution in [-0.4, -0.2) is 32.3 Å². The predicted molar refractivity (Wildman–Crippen MR) is 93.5 cm³/mol. The molecule has 0 bridgehead atoms. The first kappa shape index (κ1) is 15.6. The molecule has 0 atom stereocenters. The summed E-state index contributed by atoms with van der Waals surface area (Å²) in [7, 11) is 1.73. The smallest absolute Gasteiger partial charge is 0.323 e. The average Bonchev–Trinajstić information content (AvgIpc) is 2.50. The lowest BCUT2D eigenvalue weighted by Crippen LogP contribution is -2.51. The summed E-state index contributed by atoms with van der Waals surface area (Å²) in [6.45, 7) is 1.80. The van der Waals surface area contributed by atoms with Crippen LogP contribution >= 0.6 is 11.6 Å². The number of anilines is 3. The molecule has 1 heterocycles. The minimum absolute atomic E-state index is 0.314. The first-order chi connectivity index (χ1) is 11.2. The first-order valence-electron chi connectivity index (χ1n) is 7.36. The van der Waals surface area contributed by atoms with Gasteiger partial charge in [0.05, 0.1) is 16.8 Å². The monoisotopic (exact) mass is 331 g/mol. The maximum absolute atomic E-state index is 12.0. The zero-order valence-corrected chi connectivity index (χ0v) is 13.5. The summed E-state index contributed by atoms with van der Waals surface area (Å²) in [5.41, 5.74) is 2.42. The Morgan fingerprint density at radius 3 is 2.48 bits per heavy atom. The van der Waals surface area contributed by atoms with Crippen LogP contribution in [0.2, 0.25) is 5.02 Å². The summed E-state index contributed by atoms with van der Waals surface area (Å²) < 4.78 is 5.26. The Morgan fingerprint density at radius 2 is 1.83 bits per heavy atom. The third-order valence-corrected chi connectivity index (χ3v) is 4.12. The van der Waals surface area contributed by atoms with Crippen LogP contribution < -0.4 is 15.5 Å². The minimum Gasteiger partial charge on any atom is -0.378 e. The molecule has 0 spiro atoms. The van der Waals surface area contributed by atoms with Gasteiger partial charge in [-0.3, -0.25) is 0 Å². The molecule has 2 aromatic rings. The number of nitrogens with zero attached hydrogens (tertiary/aromatic N) is 1. The number of hydrogen-bond donors (Lipinski definition) is 2. The second-order valence-electron chi connectivity index (χ2n) is 5.37. The number of urea groups is 1. The van der Waals surface area contributed by atoms with E-state index in [9.17, 15) is 4.79 Å². The van der Waals surface area contributed by atoms with E-state index in [1.807, 2.05) is 36.4 Å².